The van der Waals surface area contributed by atoms with E-state index in [4.69, 9.17) is 18.0 Å². The predicted octanol–water partition coefficient (Wildman–Crippen LogP) is 3.35. The Hall–Kier alpha value is -1.26. The lowest BCUT2D eigenvalue weighted by Gasteiger charge is -2.14. The fourth-order valence-corrected chi connectivity index (χ4v) is 2.45. The van der Waals surface area contributed by atoms with Crippen LogP contribution < -0.4 is 0 Å². The van der Waals surface area contributed by atoms with Crippen molar-refractivity contribution in [2.24, 2.45) is 11.8 Å². The summed E-state index contributed by atoms with van der Waals surface area (Å²) in [7, 11) is 0. The Morgan fingerprint density at radius 1 is 1.62 bits per heavy atom. The lowest BCUT2D eigenvalue weighted by atomic mass is 9.88. The smallest absolute Gasteiger partial charge is 0.166 e. The molecule has 0 N–H and O–H groups in total. The highest BCUT2D eigenvalue weighted by Gasteiger charge is 2.33. The highest BCUT2D eigenvalue weighted by atomic mass is 35.5. The van der Waals surface area contributed by atoms with Gasteiger partial charge in [-0.3, -0.25) is 4.79 Å². The van der Waals surface area contributed by atoms with Crippen molar-refractivity contribution < 1.29 is 4.79 Å². The summed E-state index contributed by atoms with van der Waals surface area (Å²) >= 11 is 5.89. The van der Waals surface area contributed by atoms with Gasteiger partial charge in [-0.15, -0.1) is 12.3 Å². The number of terminal acetylenes is 1. The molecule has 1 aromatic carbocycles. The summed E-state index contributed by atoms with van der Waals surface area (Å²) < 4.78 is 0. The third-order valence-corrected chi connectivity index (χ3v) is 3.48. The molecule has 16 heavy (non-hydrogen) atoms. The SMILES string of the molecule is C#CCC(C)C1Cc2ccc(Cl)cc2C1=O. The molecule has 1 aromatic rings. The van der Waals surface area contributed by atoms with Crippen LogP contribution >= 0.6 is 11.6 Å². The van der Waals surface area contributed by atoms with Gasteiger partial charge >= 0.3 is 0 Å². The summed E-state index contributed by atoms with van der Waals surface area (Å²) in [5.41, 5.74) is 1.88. The second-order valence-corrected chi connectivity index (χ2v) is 4.80. The van der Waals surface area contributed by atoms with Gasteiger partial charge in [-0.2, -0.15) is 0 Å². The first-order chi connectivity index (χ1) is 7.63. The Labute approximate surface area is 101 Å². The van der Waals surface area contributed by atoms with Crippen molar-refractivity contribution >= 4 is 17.4 Å². The van der Waals surface area contributed by atoms with Crippen molar-refractivity contribution in [3.8, 4) is 12.3 Å². The Kier molecular flexibility index (Phi) is 3.03. The van der Waals surface area contributed by atoms with Crippen molar-refractivity contribution in [2.75, 3.05) is 0 Å². The molecule has 0 saturated carbocycles. The average Bonchev–Trinajstić information content (AvgIpc) is 2.57. The second kappa shape index (κ2) is 4.31. The molecule has 2 atom stereocenters. The van der Waals surface area contributed by atoms with Gasteiger partial charge in [0.2, 0.25) is 0 Å². The first-order valence-electron chi connectivity index (χ1n) is 5.39. The number of Topliss-reactive ketones (excluding diaryl/α,β-unsaturated/α-hetero) is 1. The summed E-state index contributed by atoms with van der Waals surface area (Å²) in [5.74, 6) is 3.09. The van der Waals surface area contributed by atoms with E-state index in [1.165, 1.54) is 0 Å². The predicted molar refractivity (Wildman–Crippen MR) is 65.6 cm³/mol. The summed E-state index contributed by atoms with van der Waals surface area (Å²) in [6.07, 6.45) is 6.74. The topological polar surface area (TPSA) is 17.1 Å². The first-order valence-corrected chi connectivity index (χ1v) is 5.77. The van der Waals surface area contributed by atoms with Crippen LogP contribution in [-0.2, 0) is 6.42 Å². The van der Waals surface area contributed by atoms with Gasteiger partial charge in [-0.25, -0.2) is 0 Å². The van der Waals surface area contributed by atoms with E-state index in [1.54, 1.807) is 6.07 Å². The van der Waals surface area contributed by atoms with Gasteiger partial charge in [0.05, 0.1) is 0 Å². The number of hydrogen-bond acceptors (Lipinski definition) is 1. The number of halogens is 1. The molecule has 0 saturated heterocycles. The molecule has 0 bridgehead atoms. The fraction of sp³-hybridized carbons (Fsp3) is 0.357. The van der Waals surface area contributed by atoms with Crippen LogP contribution in [0.15, 0.2) is 18.2 Å². The molecule has 0 amide bonds. The quantitative estimate of drug-likeness (QED) is 0.715. The van der Waals surface area contributed by atoms with E-state index in [1.807, 2.05) is 19.1 Å². The van der Waals surface area contributed by atoms with Crippen molar-refractivity contribution in [3.05, 3.63) is 34.3 Å². The maximum absolute atomic E-state index is 12.1. The number of benzene rings is 1. The highest BCUT2D eigenvalue weighted by Crippen LogP contribution is 2.34. The van der Waals surface area contributed by atoms with Gasteiger partial charge in [-0.05, 0) is 30.0 Å². The third kappa shape index (κ3) is 1.86. The molecule has 0 fully saturated rings. The van der Waals surface area contributed by atoms with Crippen LogP contribution in [0.2, 0.25) is 5.02 Å². The summed E-state index contributed by atoms with van der Waals surface area (Å²) in [4.78, 5) is 12.1. The van der Waals surface area contributed by atoms with Gasteiger partial charge in [0.15, 0.2) is 5.78 Å². The van der Waals surface area contributed by atoms with E-state index in [0.717, 1.165) is 17.5 Å². The molecule has 82 valence electrons. The third-order valence-electron chi connectivity index (χ3n) is 3.24. The molecule has 1 aliphatic carbocycles. The number of rotatable bonds is 2. The first kappa shape index (κ1) is 11.2. The minimum atomic E-state index is 0.0320. The maximum atomic E-state index is 12.1. The number of fused-ring (bicyclic) bond motifs is 1. The van der Waals surface area contributed by atoms with Crippen LogP contribution in [0.5, 0.6) is 0 Å². The lowest BCUT2D eigenvalue weighted by molar-refractivity contribution is 0.0901. The van der Waals surface area contributed by atoms with Gasteiger partial charge in [0, 0.05) is 22.9 Å². The number of carbonyl (C=O) groups excluding carboxylic acids is 1. The van der Waals surface area contributed by atoms with Gasteiger partial charge in [-0.1, -0.05) is 24.6 Å². The van der Waals surface area contributed by atoms with Gasteiger partial charge < -0.3 is 0 Å². The zero-order valence-corrected chi connectivity index (χ0v) is 9.92. The lowest BCUT2D eigenvalue weighted by Crippen LogP contribution is -2.17. The van der Waals surface area contributed by atoms with Crippen LogP contribution in [-0.4, -0.2) is 5.78 Å². The summed E-state index contributed by atoms with van der Waals surface area (Å²) in [5, 5.41) is 0.623. The molecule has 1 aliphatic rings. The Morgan fingerprint density at radius 3 is 3.06 bits per heavy atom. The average molecular weight is 233 g/mol. The molecule has 0 aromatic heterocycles. The second-order valence-electron chi connectivity index (χ2n) is 4.36. The Balaban J connectivity index is 2.28. The van der Waals surface area contributed by atoms with Crippen LogP contribution in [0.3, 0.4) is 0 Å². The summed E-state index contributed by atoms with van der Waals surface area (Å²) in [6, 6.07) is 5.54. The summed E-state index contributed by atoms with van der Waals surface area (Å²) in [6.45, 7) is 2.04. The van der Waals surface area contributed by atoms with Gasteiger partial charge in [0.1, 0.15) is 0 Å². The molecule has 1 nitrogen and oxygen atoms in total. The number of ketones is 1. The largest absolute Gasteiger partial charge is 0.294 e. The number of carbonyl (C=O) groups is 1. The minimum absolute atomic E-state index is 0.0320. The molecular weight excluding hydrogens is 220 g/mol. The normalized spacial score (nSPS) is 20.3. The zero-order chi connectivity index (χ0) is 11.7. The fourth-order valence-electron chi connectivity index (χ4n) is 2.27. The van der Waals surface area contributed by atoms with Crippen molar-refractivity contribution in [2.45, 2.75) is 19.8 Å². The van der Waals surface area contributed by atoms with Gasteiger partial charge in [0.25, 0.3) is 0 Å². The Bertz CT molecular complexity index is 470. The highest BCUT2D eigenvalue weighted by molar-refractivity contribution is 6.31. The molecular formula is C14H13ClO. The van der Waals surface area contributed by atoms with E-state index in [9.17, 15) is 4.79 Å². The standard InChI is InChI=1S/C14H13ClO/c1-3-4-9(2)12-7-10-5-6-11(15)8-13(10)14(12)16/h1,5-6,8-9,12H,4,7H2,2H3. The molecule has 2 heteroatoms. The van der Waals surface area contributed by atoms with Crippen molar-refractivity contribution in [1.82, 2.24) is 0 Å². The molecule has 2 unspecified atom stereocenters. The van der Waals surface area contributed by atoms with Crippen LogP contribution in [0, 0.1) is 24.2 Å². The molecule has 0 heterocycles. The number of hydrogen-bond donors (Lipinski definition) is 0. The monoisotopic (exact) mass is 232 g/mol. The minimum Gasteiger partial charge on any atom is -0.294 e. The van der Waals surface area contributed by atoms with Crippen molar-refractivity contribution in [3.63, 3.8) is 0 Å². The van der Waals surface area contributed by atoms with E-state index < -0.39 is 0 Å². The molecule has 0 aliphatic heterocycles. The molecule has 0 radical (unpaired) electrons. The van der Waals surface area contributed by atoms with E-state index in [2.05, 4.69) is 5.92 Å². The van der Waals surface area contributed by atoms with E-state index in [0.29, 0.717) is 11.4 Å². The molecule has 2 rings (SSSR count). The van der Waals surface area contributed by atoms with E-state index in [-0.39, 0.29) is 17.6 Å². The van der Waals surface area contributed by atoms with Crippen molar-refractivity contribution in [1.29, 1.82) is 0 Å². The van der Waals surface area contributed by atoms with Crippen LogP contribution in [0.4, 0.5) is 0 Å². The van der Waals surface area contributed by atoms with Crippen LogP contribution in [0.25, 0.3) is 0 Å². The zero-order valence-electron chi connectivity index (χ0n) is 9.16. The molecule has 0 spiro atoms. The van der Waals surface area contributed by atoms with Crippen LogP contribution in [0.1, 0.15) is 29.3 Å². The maximum Gasteiger partial charge on any atom is 0.166 e. The Morgan fingerprint density at radius 2 is 2.38 bits per heavy atom. The van der Waals surface area contributed by atoms with E-state index >= 15 is 0 Å².